The first-order chi connectivity index (χ1) is 14.0. The molecule has 4 aromatic rings. The number of carbonyl (C=O) groups is 1. The van der Waals surface area contributed by atoms with Gasteiger partial charge in [-0.15, -0.1) is 0 Å². The number of aromatic amines is 1. The minimum atomic E-state index is -0.686. The molecule has 5 nitrogen and oxygen atoms in total. The molecule has 0 aliphatic carbocycles. The monoisotopic (exact) mass is 393 g/mol. The van der Waals surface area contributed by atoms with Crippen LogP contribution in [0.15, 0.2) is 60.9 Å². The van der Waals surface area contributed by atoms with Gasteiger partial charge in [-0.1, -0.05) is 6.07 Å². The van der Waals surface area contributed by atoms with E-state index in [4.69, 9.17) is 4.74 Å². The summed E-state index contributed by atoms with van der Waals surface area (Å²) in [6, 6.07) is 11.9. The van der Waals surface area contributed by atoms with Gasteiger partial charge in [0.05, 0.1) is 5.39 Å². The molecular weight excluding hydrogens is 376 g/mol. The van der Waals surface area contributed by atoms with Gasteiger partial charge in [0, 0.05) is 36.1 Å². The lowest BCUT2D eigenvalue weighted by Crippen LogP contribution is -2.23. The second kappa shape index (κ2) is 7.71. The first-order valence-electron chi connectivity index (χ1n) is 8.94. The zero-order valence-corrected chi connectivity index (χ0v) is 15.5. The number of H-pyrrole nitrogens is 1. The summed E-state index contributed by atoms with van der Waals surface area (Å²) in [5.41, 5.74) is 2.11. The highest BCUT2D eigenvalue weighted by Crippen LogP contribution is 2.31. The Kier molecular flexibility index (Phi) is 4.95. The van der Waals surface area contributed by atoms with E-state index in [-0.39, 0.29) is 12.5 Å². The topological polar surface area (TPSA) is 67.0 Å². The Morgan fingerprint density at radius 3 is 2.69 bits per heavy atom. The lowest BCUT2D eigenvalue weighted by Gasteiger charge is -2.13. The summed E-state index contributed by atoms with van der Waals surface area (Å²) in [4.78, 5) is 19.9. The standard InChI is InChI=1S/C22H17F2N3O2/c1-13-17(22(28)27-12-14-9-15(23)11-16(24)10-14)3-2-4-19(13)29-20-6-8-26-21-18(20)5-7-25-21/h2-11H,12H2,1H3,(H,25,26)(H,27,28). The molecule has 0 saturated heterocycles. The highest BCUT2D eigenvalue weighted by molar-refractivity contribution is 5.96. The number of amides is 1. The minimum Gasteiger partial charge on any atom is -0.456 e. The van der Waals surface area contributed by atoms with E-state index in [2.05, 4.69) is 15.3 Å². The van der Waals surface area contributed by atoms with E-state index >= 15 is 0 Å². The molecule has 0 spiro atoms. The average Bonchev–Trinajstić information content (AvgIpc) is 3.17. The predicted molar refractivity (Wildman–Crippen MR) is 105 cm³/mol. The number of carbonyl (C=O) groups excluding carboxylic acids is 1. The van der Waals surface area contributed by atoms with Crippen LogP contribution in [0.1, 0.15) is 21.5 Å². The first-order valence-corrected chi connectivity index (χ1v) is 8.94. The molecule has 0 saturated carbocycles. The van der Waals surface area contributed by atoms with Crippen LogP contribution in [0, 0.1) is 18.6 Å². The van der Waals surface area contributed by atoms with Crippen LogP contribution in [0.25, 0.3) is 11.0 Å². The van der Waals surface area contributed by atoms with Gasteiger partial charge >= 0.3 is 0 Å². The third kappa shape index (κ3) is 3.94. The van der Waals surface area contributed by atoms with E-state index in [1.54, 1.807) is 43.6 Å². The van der Waals surface area contributed by atoms with Crippen LogP contribution in [0.5, 0.6) is 11.5 Å². The molecule has 7 heteroatoms. The van der Waals surface area contributed by atoms with E-state index in [0.717, 1.165) is 11.5 Å². The van der Waals surface area contributed by atoms with Crippen molar-refractivity contribution in [2.75, 3.05) is 0 Å². The van der Waals surface area contributed by atoms with Crippen LogP contribution in [0.2, 0.25) is 0 Å². The zero-order chi connectivity index (χ0) is 20.4. The van der Waals surface area contributed by atoms with E-state index in [1.807, 2.05) is 6.07 Å². The third-order valence-electron chi connectivity index (χ3n) is 4.54. The molecule has 29 heavy (non-hydrogen) atoms. The summed E-state index contributed by atoms with van der Waals surface area (Å²) in [7, 11) is 0. The van der Waals surface area contributed by atoms with Gasteiger partial charge in [-0.25, -0.2) is 13.8 Å². The van der Waals surface area contributed by atoms with Gasteiger partial charge in [-0.05, 0) is 48.9 Å². The highest BCUT2D eigenvalue weighted by Gasteiger charge is 2.14. The van der Waals surface area contributed by atoms with Crippen molar-refractivity contribution in [2.24, 2.45) is 0 Å². The van der Waals surface area contributed by atoms with Crippen LogP contribution < -0.4 is 10.1 Å². The van der Waals surface area contributed by atoms with Crippen LogP contribution >= 0.6 is 0 Å². The average molecular weight is 393 g/mol. The SMILES string of the molecule is Cc1c(Oc2ccnc3[nH]ccc23)cccc1C(=O)NCc1cc(F)cc(F)c1. The number of hydrogen-bond acceptors (Lipinski definition) is 3. The first kappa shape index (κ1) is 18.6. The van der Waals surface area contributed by atoms with Gasteiger partial charge in [-0.3, -0.25) is 4.79 Å². The third-order valence-corrected chi connectivity index (χ3v) is 4.54. The van der Waals surface area contributed by atoms with E-state index < -0.39 is 11.6 Å². The molecule has 2 aromatic heterocycles. The summed E-state index contributed by atoms with van der Waals surface area (Å²) < 4.78 is 32.6. The van der Waals surface area contributed by atoms with Crippen molar-refractivity contribution in [1.82, 2.24) is 15.3 Å². The van der Waals surface area contributed by atoms with Crippen molar-refractivity contribution >= 4 is 16.9 Å². The number of nitrogens with zero attached hydrogens (tertiary/aromatic N) is 1. The molecule has 0 bridgehead atoms. The summed E-state index contributed by atoms with van der Waals surface area (Å²) in [6.45, 7) is 1.79. The molecule has 0 fully saturated rings. The Balaban J connectivity index is 1.54. The lowest BCUT2D eigenvalue weighted by molar-refractivity contribution is 0.0950. The molecule has 0 atom stereocenters. The number of rotatable bonds is 5. The summed E-state index contributed by atoms with van der Waals surface area (Å²) in [5, 5.41) is 3.51. The minimum absolute atomic E-state index is 0.00631. The van der Waals surface area contributed by atoms with E-state index in [1.165, 1.54) is 12.1 Å². The lowest BCUT2D eigenvalue weighted by atomic mass is 10.1. The van der Waals surface area contributed by atoms with Gasteiger partial charge < -0.3 is 15.0 Å². The number of aromatic nitrogens is 2. The second-order valence-corrected chi connectivity index (χ2v) is 6.54. The van der Waals surface area contributed by atoms with Crippen molar-refractivity contribution < 1.29 is 18.3 Å². The Morgan fingerprint density at radius 2 is 1.90 bits per heavy atom. The second-order valence-electron chi connectivity index (χ2n) is 6.54. The number of benzene rings is 2. The van der Waals surface area contributed by atoms with E-state index in [9.17, 15) is 13.6 Å². The molecule has 2 N–H and O–H groups in total. The number of nitrogens with one attached hydrogen (secondary N) is 2. The Morgan fingerprint density at radius 1 is 1.10 bits per heavy atom. The van der Waals surface area contributed by atoms with Gasteiger partial charge in [0.1, 0.15) is 28.8 Å². The Labute approximate surface area is 165 Å². The summed E-state index contributed by atoms with van der Waals surface area (Å²) in [5.74, 6) is -0.585. The molecule has 1 amide bonds. The molecule has 0 radical (unpaired) electrons. The van der Waals surface area contributed by atoms with Gasteiger partial charge in [0.2, 0.25) is 0 Å². The normalized spacial score (nSPS) is 10.9. The number of halogens is 2. The Bertz CT molecular complexity index is 1180. The van der Waals surface area contributed by atoms with E-state index in [0.29, 0.717) is 33.8 Å². The van der Waals surface area contributed by atoms with Gasteiger partial charge in [0.15, 0.2) is 0 Å². The fourth-order valence-electron chi connectivity index (χ4n) is 3.10. The number of fused-ring (bicyclic) bond motifs is 1. The molecule has 0 aliphatic heterocycles. The predicted octanol–water partition coefficient (Wildman–Crippen LogP) is 4.87. The molecule has 2 aromatic carbocycles. The molecule has 0 aliphatic rings. The van der Waals surface area contributed by atoms with Crippen molar-refractivity contribution in [2.45, 2.75) is 13.5 Å². The van der Waals surface area contributed by atoms with Crippen molar-refractivity contribution in [3.05, 3.63) is 89.2 Å². The number of hydrogen-bond donors (Lipinski definition) is 2. The fourth-order valence-corrected chi connectivity index (χ4v) is 3.10. The summed E-state index contributed by atoms with van der Waals surface area (Å²) in [6.07, 6.45) is 3.41. The maximum absolute atomic E-state index is 13.3. The summed E-state index contributed by atoms with van der Waals surface area (Å²) >= 11 is 0. The van der Waals surface area contributed by atoms with Gasteiger partial charge in [-0.2, -0.15) is 0 Å². The van der Waals surface area contributed by atoms with Gasteiger partial charge in [0.25, 0.3) is 5.91 Å². The molecular formula is C22H17F2N3O2. The number of pyridine rings is 1. The number of ether oxygens (including phenoxy) is 1. The van der Waals surface area contributed by atoms with Crippen molar-refractivity contribution in [3.63, 3.8) is 0 Å². The molecule has 0 unspecified atom stereocenters. The van der Waals surface area contributed by atoms with Crippen LogP contribution in [-0.4, -0.2) is 15.9 Å². The zero-order valence-electron chi connectivity index (χ0n) is 15.5. The molecule has 4 rings (SSSR count). The van der Waals surface area contributed by atoms with Crippen molar-refractivity contribution in [3.8, 4) is 11.5 Å². The highest BCUT2D eigenvalue weighted by atomic mass is 19.1. The van der Waals surface area contributed by atoms with Crippen molar-refractivity contribution in [1.29, 1.82) is 0 Å². The quantitative estimate of drug-likeness (QED) is 0.508. The smallest absolute Gasteiger partial charge is 0.251 e. The fraction of sp³-hybridized carbons (Fsp3) is 0.0909. The molecule has 146 valence electrons. The van der Waals surface area contributed by atoms with Crippen LogP contribution in [0.3, 0.4) is 0 Å². The maximum Gasteiger partial charge on any atom is 0.251 e. The maximum atomic E-state index is 13.3. The largest absolute Gasteiger partial charge is 0.456 e. The Hall–Kier alpha value is -3.74. The van der Waals surface area contributed by atoms with Crippen LogP contribution in [-0.2, 0) is 6.54 Å². The van der Waals surface area contributed by atoms with Crippen LogP contribution in [0.4, 0.5) is 8.78 Å². The molecule has 2 heterocycles.